The summed E-state index contributed by atoms with van der Waals surface area (Å²) in [4.78, 5) is 21.3. The molecule has 1 rings (SSSR count). The molecule has 0 fully saturated rings. The zero-order valence-electron chi connectivity index (χ0n) is 13.6. The molecule has 1 aromatic rings. The monoisotopic (exact) mass is 323 g/mol. The third-order valence-electron chi connectivity index (χ3n) is 3.67. The number of hydrogen-bond acceptors (Lipinski definition) is 4. The predicted molar refractivity (Wildman–Crippen MR) is 87.8 cm³/mol. The molecular formula is C17H25NO5. The Balaban J connectivity index is 2.37. The van der Waals surface area contributed by atoms with Crippen molar-refractivity contribution in [2.45, 2.75) is 64.4 Å². The first-order chi connectivity index (χ1) is 11.0. The molecule has 1 aromatic carbocycles. The molecule has 1 N–H and O–H groups in total. The van der Waals surface area contributed by atoms with Crippen LogP contribution in [0.3, 0.4) is 0 Å². The third-order valence-corrected chi connectivity index (χ3v) is 3.67. The molecule has 6 nitrogen and oxygen atoms in total. The Bertz CT molecular complexity index is 486. The molecule has 0 spiro atoms. The van der Waals surface area contributed by atoms with Crippen LogP contribution in [-0.4, -0.2) is 22.1 Å². The summed E-state index contributed by atoms with van der Waals surface area (Å²) < 4.78 is 5.43. The van der Waals surface area contributed by atoms with E-state index in [1.54, 1.807) is 0 Å². The Kier molecular flexibility index (Phi) is 8.72. The van der Waals surface area contributed by atoms with Gasteiger partial charge in [0, 0.05) is 12.1 Å². The number of nitro benzene ring substituents is 1. The van der Waals surface area contributed by atoms with E-state index in [1.807, 2.05) is 0 Å². The second kappa shape index (κ2) is 10.6. The fraction of sp³-hybridized carbons (Fsp3) is 0.588. The SMILES string of the molecule is CCCCCCCCCC(Oc1ccc([N+](=O)[O-])cc1)C(=O)O. The van der Waals surface area contributed by atoms with Crippen LogP contribution in [0.1, 0.15) is 58.3 Å². The van der Waals surface area contributed by atoms with E-state index in [4.69, 9.17) is 4.74 Å². The summed E-state index contributed by atoms with van der Waals surface area (Å²) in [6.07, 6.45) is 7.34. The molecule has 0 radical (unpaired) electrons. The Labute approximate surface area is 136 Å². The fourth-order valence-electron chi connectivity index (χ4n) is 2.33. The normalized spacial score (nSPS) is 11.9. The van der Waals surface area contributed by atoms with Crippen molar-refractivity contribution in [3.05, 3.63) is 34.4 Å². The van der Waals surface area contributed by atoms with Crippen LogP contribution in [0.2, 0.25) is 0 Å². The van der Waals surface area contributed by atoms with Gasteiger partial charge in [-0.05, 0) is 25.0 Å². The van der Waals surface area contributed by atoms with Gasteiger partial charge in [-0.2, -0.15) is 0 Å². The van der Waals surface area contributed by atoms with Crippen LogP contribution in [0.5, 0.6) is 5.75 Å². The van der Waals surface area contributed by atoms with Gasteiger partial charge in [0.1, 0.15) is 5.75 Å². The van der Waals surface area contributed by atoms with Crippen LogP contribution in [0.15, 0.2) is 24.3 Å². The molecule has 6 heteroatoms. The summed E-state index contributed by atoms with van der Waals surface area (Å²) in [5.74, 6) is -0.666. The van der Waals surface area contributed by atoms with E-state index < -0.39 is 17.0 Å². The molecule has 0 saturated heterocycles. The summed E-state index contributed by atoms with van der Waals surface area (Å²) in [5, 5.41) is 19.8. The number of carbonyl (C=O) groups is 1. The second-order valence-corrected chi connectivity index (χ2v) is 5.61. The number of nitro groups is 1. The van der Waals surface area contributed by atoms with Gasteiger partial charge >= 0.3 is 5.97 Å². The van der Waals surface area contributed by atoms with Crippen LogP contribution in [0.4, 0.5) is 5.69 Å². The maximum Gasteiger partial charge on any atom is 0.344 e. The fourth-order valence-corrected chi connectivity index (χ4v) is 2.33. The summed E-state index contributed by atoms with van der Waals surface area (Å²) in [6, 6.07) is 5.47. The summed E-state index contributed by atoms with van der Waals surface area (Å²) in [5.41, 5.74) is -0.0451. The highest BCUT2D eigenvalue weighted by Gasteiger charge is 2.19. The van der Waals surface area contributed by atoms with Crippen molar-refractivity contribution in [1.29, 1.82) is 0 Å². The van der Waals surface area contributed by atoms with Crippen LogP contribution in [-0.2, 0) is 4.79 Å². The molecule has 0 aliphatic carbocycles. The Morgan fingerprint density at radius 2 is 1.70 bits per heavy atom. The van der Waals surface area contributed by atoms with Gasteiger partial charge in [0.2, 0.25) is 0 Å². The lowest BCUT2D eigenvalue weighted by molar-refractivity contribution is -0.384. The average Bonchev–Trinajstić information content (AvgIpc) is 2.53. The molecule has 0 amide bonds. The van der Waals surface area contributed by atoms with Crippen molar-refractivity contribution in [2.75, 3.05) is 0 Å². The first kappa shape index (κ1) is 18.9. The smallest absolute Gasteiger partial charge is 0.344 e. The number of ether oxygens (including phenoxy) is 1. The molecule has 128 valence electrons. The number of carboxylic acid groups (broad SMARTS) is 1. The first-order valence-corrected chi connectivity index (χ1v) is 8.18. The molecule has 23 heavy (non-hydrogen) atoms. The van der Waals surface area contributed by atoms with Gasteiger partial charge in [-0.1, -0.05) is 45.4 Å². The molecule has 1 unspecified atom stereocenters. The van der Waals surface area contributed by atoms with Crippen LogP contribution >= 0.6 is 0 Å². The lowest BCUT2D eigenvalue weighted by atomic mass is 10.1. The Hall–Kier alpha value is -2.11. The van der Waals surface area contributed by atoms with Gasteiger partial charge in [0.05, 0.1) is 4.92 Å². The van der Waals surface area contributed by atoms with Crippen molar-refractivity contribution in [3.63, 3.8) is 0 Å². The second-order valence-electron chi connectivity index (χ2n) is 5.61. The molecule has 0 aliphatic heterocycles. The van der Waals surface area contributed by atoms with E-state index in [2.05, 4.69) is 6.92 Å². The van der Waals surface area contributed by atoms with E-state index in [-0.39, 0.29) is 5.69 Å². The molecule has 0 heterocycles. The highest BCUT2D eigenvalue weighted by Crippen LogP contribution is 2.20. The van der Waals surface area contributed by atoms with Crippen LogP contribution < -0.4 is 4.74 Å². The van der Waals surface area contributed by atoms with Crippen LogP contribution in [0, 0.1) is 10.1 Å². The quantitative estimate of drug-likeness (QED) is 0.346. The minimum absolute atomic E-state index is 0.0451. The number of rotatable bonds is 12. The third kappa shape index (κ3) is 7.63. The van der Waals surface area contributed by atoms with Crippen molar-refractivity contribution < 1.29 is 19.6 Å². The standard InChI is InChI=1S/C17H25NO5/c1-2-3-4-5-6-7-8-9-16(17(19)20)23-15-12-10-14(11-13-15)18(21)22/h10-13,16H,2-9H2,1H3,(H,19,20). The number of benzene rings is 1. The van der Waals surface area contributed by atoms with Crippen molar-refractivity contribution in [1.82, 2.24) is 0 Å². The minimum Gasteiger partial charge on any atom is -0.479 e. The summed E-state index contributed by atoms with van der Waals surface area (Å²) in [7, 11) is 0. The Morgan fingerprint density at radius 1 is 1.13 bits per heavy atom. The molecule has 0 bridgehead atoms. The van der Waals surface area contributed by atoms with Gasteiger partial charge in [-0.15, -0.1) is 0 Å². The highest BCUT2D eigenvalue weighted by atomic mass is 16.6. The van der Waals surface area contributed by atoms with Crippen molar-refractivity contribution in [3.8, 4) is 5.75 Å². The number of carboxylic acids is 1. The van der Waals surface area contributed by atoms with E-state index in [1.165, 1.54) is 49.9 Å². The first-order valence-electron chi connectivity index (χ1n) is 8.18. The van der Waals surface area contributed by atoms with E-state index in [0.717, 1.165) is 19.3 Å². The zero-order valence-corrected chi connectivity index (χ0v) is 13.6. The van der Waals surface area contributed by atoms with Crippen molar-refractivity contribution >= 4 is 11.7 Å². The zero-order chi connectivity index (χ0) is 17.1. The lowest BCUT2D eigenvalue weighted by Gasteiger charge is -2.15. The van der Waals surface area contributed by atoms with Gasteiger partial charge in [-0.3, -0.25) is 10.1 Å². The number of nitrogens with zero attached hydrogens (tertiary/aromatic N) is 1. The summed E-state index contributed by atoms with van der Waals surface area (Å²) >= 11 is 0. The maximum absolute atomic E-state index is 11.3. The Morgan fingerprint density at radius 3 is 2.22 bits per heavy atom. The van der Waals surface area contributed by atoms with Gasteiger partial charge in [-0.25, -0.2) is 4.79 Å². The van der Waals surface area contributed by atoms with Crippen LogP contribution in [0.25, 0.3) is 0 Å². The molecule has 0 aliphatic rings. The number of hydrogen-bond donors (Lipinski definition) is 1. The molecular weight excluding hydrogens is 298 g/mol. The number of aliphatic carboxylic acids is 1. The largest absolute Gasteiger partial charge is 0.479 e. The summed E-state index contributed by atoms with van der Waals surface area (Å²) in [6.45, 7) is 2.17. The number of non-ortho nitro benzene ring substituents is 1. The lowest BCUT2D eigenvalue weighted by Crippen LogP contribution is -2.26. The molecule has 0 aromatic heterocycles. The van der Waals surface area contributed by atoms with E-state index >= 15 is 0 Å². The van der Waals surface area contributed by atoms with Gasteiger partial charge in [0.25, 0.3) is 5.69 Å². The average molecular weight is 323 g/mol. The maximum atomic E-state index is 11.3. The van der Waals surface area contributed by atoms with Gasteiger partial charge < -0.3 is 9.84 Å². The minimum atomic E-state index is -1.01. The highest BCUT2D eigenvalue weighted by molar-refractivity contribution is 5.72. The molecule has 0 saturated carbocycles. The van der Waals surface area contributed by atoms with Crippen molar-refractivity contribution in [2.24, 2.45) is 0 Å². The number of unbranched alkanes of at least 4 members (excludes halogenated alkanes) is 6. The molecule has 1 atom stereocenters. The van der Waals surface area contributed by atoms with E-state index in [0.29, 0.717) is 12.2 Å². The van der Waals surface area contributed by atoms with Gasteiger partial charge in [0.15, 0.2) is 6.10 Å². The van der Waals surface area contributed by atoms with E-state index in [9.17, 15) is 20.0 Å². The topological polar surface area (TPSA) is 89.7 Å². The predicted octanol–water partition coefficient (Wildman–Crippen LogP) is 4.57.